The van der Waals surface area contributed by atoms with E-state index in [0.29, 0.717) is 11.5 Å². The molecule has 3 aromatic rings. The van der Waals surface area contributed by atoms with Crippen LogP contribution in [0.15, 0.2) is 54.7 Å². The maximum absolute atomic E-state index is 5.87. The monoisotopic (exact) mass is 236 g/mol. The summed E-state index contributed by atoms with van der Waals surface area (Å²) in [6, 6.07) is 15.3. The molecule has 3 rings (SSSR count). The number of aromatic nitrogens is 2. The third-order valence-corrected chi connectivity index (χ3v) is 2.67. The second kappa shape index (κ2) is 4.33. The van der Waals surface area contributed by atoms with Crippen LogP contribution >= 0.6 is 0 Å². The topological polar surface area (TPSA) is 63.8 Å². The average molecular weight is 236 g/mol. The van der Waals surface area contributed by atoms with Crippen LogP contribution in [0.1, 0.15) is 0 Å². The normalized spacial score (nSPS) is 10.4. The van der Waals surface area contributed by atoms with Gasteiger partial charge in [-0.3, -0.25) is 4.98 Å². The lowest BCUT2D eigenvalue weighted by Gasteiger charge is -2.08. The van der Waals surface area contributed by atoms with Crippen molar-refractivity contribution in [3.05, 3.63) is 54.7 Å². The number of para-hydroxylation sites is 4. The number of hydrogen-bond acceptors (Lipinski definition) is 4. The number of hydrogen-bond donors (Lipinski definition) is 2. The molecular weight excluding hydrogens is 224 g/mol. The van der Waals surface area contributed by atoms with E-state index in [1.54, 1.807) is 6.20 Å². The fourth-order valence-corrected chi connectivity index (χ4v) is 1.77. The van der Waals surface area contributed by atoms with Gasteiger partial charge in [-0.15, -0.1) is 0 Å². The number of nitrogens with zero attached hydrogens (tertiary/aromatic N) is 2. The molecule has 0 aliphatic heterocycles. The van der Waals surface area contributed by atoms with E-state index in [-0.39, 0.29) is 0 Å². The number of nitrogens with two attached hydrogens (primary N) is 1. The molecule has 88 valence electrons. The third-order valence-electron chi connectivity index (χ3n) is 2.67. The molecule has 0 saturated carbocycles. The predicted molar refractivity (Wildman–Crippen MR) is 73.7 cm³/mol. The summed E-state index contributed by atoms with van der Waals surface area (Å²) in [7, 11) is 0. The Balaban J connectivity index is 1.98. The quantitative estimate of drug-likeness (QED) is 0.671. The molecule has 18 heavy (non-hydrogen) atoms. The van der Waals surface area contributed by atoms with Crippen molar-refractivity contribution in [2.75, 3.05) is 11.1 Å². The van der Waals surface area contributed by atoms with E-state index in [1.165, 1.54) is 0 Å². The Hall–Kier alpha value is -2.62. The Morgan fingerprint density at radius 3 is 2.44 bits per heavy atom. The van der Waals surface area contributed by atoms with Gasteiger partial charge in [0.05, 0.1) is 28.6 Å². The number of nitrogens with one attached hydrogen (secondary N) is 1. The van der Waals surface area contributed by atoms with Gasteiger partial charge in [-0.1, -0.05) is 24.3 Å². The minimum Gasteiger partial charge on any atom is -0.397 e. The number of benzene rings is 2. The third kappa shape index (κ3) is 1.96. The fourth-order valence-electron chi connectivity index (χ4n) is 1.77. The van der Waals surface area contributed by atoms with Gasteiger partial charge in [0.1, 0.15) is 5.82 Å². The molecule has 4 heteroatoms. The molecule has 1 heterocycles. The lowest BCUT2D eigenvalue weighted by atomic mass is 10.2. The first-order valence-electron chi connectivity index (χ1n) is 5.66. The minimum atomic E-state index is 0.687. The first-order chi connectivity index (χ1) is 8.83. The molecule has 2 aromatic carbocycles. The molecule has 0 fully saturated rings. The molecule has 3 N–H and O–H groups in total. The highest BCUT2D eigenvalue weighted by atomic mass is 15.0. The van der Waals surface area contributed by atoms with E-state index in [2.05, 4.69) is 15.3 Å². The lowest BCUT2D eigenvalue weighted by molar-refractivity contribution is 1.28. The molecule has 0 aliphatic carbocycles. The van der Waals surface area contributed by atoms with Crippen LogP contribution in [0.4, 0.5) is 17.2 Å². The van der Waals surface area contributed by atoms with Crippen LogP contribution in [0.3, 0.4) is 0 Å². The zero-order valence-corrected chi connectivity index (χ0v) is 9.67. The van der Waals surface area contributed by atoms with E-state index in [0.717, 1.165) is 16.7 Å². The number of nitrogen functional groups attached to an aromatic ring is 1. The van der Waals surface area contributed by atoms with Gasteiger partial charge in [-0.25, -0.2) is 4.98 Å². The zero-order valence-electron chi connectivity index (χ0n) is 9.67. The van der Waals surface area contributed by atoms with Gasteiger partial charge in [0.15, 0.2) is 0 Å². The van der Waals surface area contributed by atoms with Crippen molar-refractivity contribution in [3.63, 3.8) is 0 Å². The standard InChI is InChI=1S/C14H12N4/c15-10-5-1-2-6-11(10)17-14-9-16-12-7-3-4-8-13(12)18-14/h1-9H,15H2,(H,17,18). The van der Waals surface area contributed by atoms with Crippen molar-refractivity contribution in [3.8, 4) is 0 Å². The van der Waals surface area contributed by atoms with Crippen LogP contribution < -0.4 is 11.1 Å². The summed E-state index contributed by atoms with van der Waals surface area (Å²) < 4.78 is 0. The summed E-state index contributed by atoms with van der Waals surface area (Å²) in [5.41, 5.74) is 9.13. The van der Waals surface area contributed by atoms with E-state index >= 15 is 0 Å². The van der Waals surface area contributed by atoms with Gasteiger partial charge >= 0.3 is 0 Å². The predicted octanol–water partition coefficient (Wildman–Crippen LogP) is 2.96. The van der Waals surface area contributed by atoms with Gasteiger partial charge in [-0.05, 0) is 24.3 Å². The summed E-state index contributed by atoms with van der Waals surface area (Å²) in [6.07, 6.45) is 1.70. The lowest BCUT2D eigenvalue weighted by Crippen LogP contribution is -1.98. The minimum absolute atomic E-state index is 0.687. The molecule has 4 nitrogen and oxygen atoms in total. The average Bonchev–Trinajstić information content (AvgIpc) is 2.41. The van der Waals surface area contributed by atoms with Gasteiger partial charge in [0.25, 0.3) is 0 Å². The molecule has 0 amide bonds. The van der Waals surface area contributed by atoms with Crippen molar-refractivity contribution >= 4 is 28.2 Å². The van der Waals surface area contributed by atoms with Crippen molar-refractivity contribution in [1.29, 1.82) is 0 Å². The van der Waals surface area contributed by atoms with Gasteiger partial charge in [0.2, 0.25) is 0 Å². The first kappa shape index (κ1) is 10.5. The zero-order chi connectivity index (χ0) is 12.4. The van der Waals surface area contributed by atoms with Gasteiger partial charge in [-0.2, -0.15) is 0 Å². The van der Waals surface area contributed by atoms with Crippen molar-refractivity contribution in [2.45, 2.75) is 0 Å². The molecule has 0 spiro atoms. The van der Waals surface area contributed by atoms with Gasteiger partial charge < -0.3 is 11.1 Å². The highest BCUT2D eigenvalue weighted by Gasteiger charge is 2.01. The maximum atomic E-state index is 5.87. The Morgan fingerprint density at radius 1 is 0.889 bits per heavy atom. The largest absolute Gasteiger partial charge is 0.397 e. The molecule has 0 atom stereocenters. The number of rotatable bonds is 2. The highest BCUT2D eigenvalue weighted by Crippen LogP contribution is 2.21. The van der Waals surface area contributed by atoms with Crippen LogP contribution in [0.5, 0.6) is 0 Å². The second-order valence-corrected chi connectivity index (χ2v) is 3.96. The van der Waals surface area contributed by atoms with E-state index in [1.807, 2.05) is 48.5 Å². The Kier molecular flexibility index (Phi) is 2.53. The van der Waals surface area contributed by atoms with E-state index in [4.69, 9.17) is 5.73 Å². The molecule has 0 bridgehead atoms. The van der Waals surface area contributed by atoms with Crippen molar-refractivity contribution in [1.82, 2.24) is 9.97 Å². The molecule has 1 aromatic heterocycles. The van der Waals surface area contributed by atoms with Crippen LogP contribution in [0.25, 0.3) is 11.0 Å². The van der Waals surface area contributed by atoms with Crippen LogP contribution in [0, 0.1) is 0 Å². The Morgan fingerprint density at radius 2 is 1.61 bits per heavy atom. The summed E-state index contributed by atoms with van der Waals surface area (Å²) in [6.45, 7) is 0. The van der Waals surface area contributed by atoms with Crippen LogP contribution in [0.2, 0.25) is 0 Å². The SMILES string of the molecule is Nc1ccccc1Nc1cnc2ccccc2n1. The van der Waals surface area contributed by atoms with Crippen molar-refractivity contribution in [2.24, 2.45) is 0 Å². The molecule has 0 aliphatic rings. The molecule has 0 unspecified atom stereocenters. The summed E-state index contributed by atoms with van der Waals surface area (Å²) in [5.74, 6) is 0.687. The highest BCUT2D eigenvalue weighted by molar-refractivity contribution is 5.77. The van der Waals surface area contributed by atoms with Crippen LogP contribution in [-0.2, 0) is 0 Å². The number of anilines is 3. The van der Waals surface area contributed by atoms with Crippen molar-refractivity contribution < 1.29 is 0 Å². The summed E-state index contributed by atoms with van der Waals surface area (Å²) >= 11 is 0. The van der Waals surface area contributed by atoms with E-state index < -0.39 is 0 Å². The van der Waals surface area contributed by atoms with E-state index in [9.17, 15) is 0 Å². The second-order valence-electron chi connectivity index (χ2n) is 3.96. The fraction of sp³-hybridized carbons (Fsp3) is 0. The Labute approximate surface area is 104 Å². The number of fused-ring (bicyclic) bond motifs is 1. The Bertz CT molecular complexity index is 694. The smallest absolute Gasteiger partial charge is 0.149 e. The molecule has 0 radical (unpaired) electrons. The van der Waals surface area contributed by atoms with Gasteiger partial charge in [0, 0.05) is 0 Å². The summed E-state index contributed by atoms with van der Waals surface area (Å²) in [4.78, 5) is 8.82. The summed E-state index contributed by atoms with van der Waals surface area (Å²) in [5, 5.41) is 3.17. The first-order valence-corrected chi connectivity index (χ1v) is 5.66. The maximum Gasteiger partial charge on any atom is 0.149 e. The van der Waals surface area contributed by atoms with Crippen LogP contribution in [-0.4, -0.2) is 9.97 Å². The molecular formula is C14H12N4. The molecule has 0 saturated heterocycles.